The molecule has 88 heavy (non-hydrogen) atoms. The van der Waals surface area contributed by atoms with Gasteiger partial charge in [-0.25, -0.2) is 0 Å². The lowest BCUT2D eigenvalue weighted by Crippen LogP contribution is -2.44. The van der Waals surface area contributed by atoms with E-state index in [1.54, 1.807) is 91.8 Å². The molecule has 0 spiro atoms. The Kier molecular flexibility index (Phi) is 19.2. The van der Waals surface area contributed by atoms with E-state index in [0.29, 0.717) is 33.6 Å². The van der Waals surface area contributed by atoms with Crippen LogP contribution in [0.15, 0.2) is 60.7 Å². The standard InChI is InChI=1S/C60H80N2O26/c1-57(2)81-47-43(39(35(67)19-63)77-53(47)85-57)73-23-27-13-28(24-74-44-40(36(68)20-64)78-54-48(44)82-58(3,4)86-54)16-33(15-27)61-51(71)31-9-11-32(12-10-31)52(72)62-34-17-29(25-75-45-41(37(69)21-65)79-55-49(45)83-59(5,6)87-55)14-30(18-34)26-76-46-42(38(70)22-66)80-56-50(46)84-60(7,8)88-56/h9-18,35-50,53-56,63-70H,19-26H2,1-8H3,(H,61,71)(H,62,72)/t35-,36-,37-,38-,39-,40-,41-,42-,43+,44+,45+,46+,47-,48-,49-,50-,53-,54-,55-,56-/m1/s1. The third-order valence-electron chi connectivity index (χ3n) is 16.2. The van der Waals surface area contributed by atoms with Crippen molar-refractivity contribution in [1.29, 1.82) is 0 Å². The van der Waals surface area contributed by atoms with Crippen molar-refractivity contribution in [2.24, 2.45) is 0 Å². The second-order valence-corrected chi connectivity index (χ2v) is 24.9. The molecule has 28 heteroatoms. The van der Waals surface area contributed by atoms with Crippen molar-refractivity contribution in [2.45, 2.75) is 228 Å². The molecule has 2 amide bonds. The highest BCUT2D eigenvalue weighted by atomic mass is 16.9. The van der Waals surface area contributed by atoms with Gasteiger partial charge in [0, 0.05) is 22.5 Å². The number of hydrogen-bond acceptors (Lipinski definition) is 26. The Morgan fingerprint density at radius 1 is 0.398 bits per heavy atom. The molecule has 486 valence electrons. The Labute approximate surface area is 506 Å². The van der Waals surface area contributed by atoms with Crippen LogP contribution in [0, 0.1) is 0 Å². The summed E-state index contributed by atoms with van der Waals surface area (Å²) in [6.07, 6.45) is -19.6. The smallest absolute Gasteiger partial charge is 0.255 e. The summed E-state index contributed by atoms with van der Waals surface area (Å²) in [5, 5.41) is 88.4. The zero-order valence-electron chi connectivity index (χ0n) is 49.9. The minimum absolute atomic E-state index is 0.113. The normalized spacial score (nSPS) is 35.1. The maximum Gasteiger partial charge on any atom is 0.255 e. The molecule has 3 aromatic rings. The zero-order chi connectivity index (χ0) is 62.8. The average Bonchev–Trinajstić information content (AvgIpc) is 2.47. The molecule has 0 bridgehead atoms. The summed E-state index contributed by atoms with van der Waals surface area (Å²) in [7, 11) is 0. The molecule has 0 aliphatic carbocycles. The third-order valence-corrected chi connectivity index (χ3v) is 16.2. The van der Waals surface area contributed by atoms with Crippen molar-refractivity contribution in [1.82, 2.24) is 0 Å². The molecule has 11 rings (SSSR count). The molecule has 20 atom stereocenters. The van der Waals surface area contributed by atoms with Gasteiger partial charge >= 0.3 is 0 Å². The van der Waals surface area contributed by atoms with Crippen LogP contribution in [-0.2, 0) is 102 Å². The maximum absolute atomic E-state index is 14.1. The Hall–Kier alpha value is -4.36. The molecule has 8 saturated heterocycles. The number of aliphatic hydroxyl groups is 8. The molecule has 0 saturated carbocycles. The van der Waals surface area contributed by atoms with Gasteiger partial charge in [-0.3, -0.25) is 9.59 Å². The third kappa shape index (κ3) is 14.2. The summed E-state index contributed by atoms with van der Waals surface area (Å²) < 4.78 is 97.4. The summed E-state index contributed by atoms with van der Waals surface area (Å²) >= 11 is 0. The fourth-order valence-electron chi connectivity index (χ4n) is 12.4. The predicted octanol–water partition coefficient (Wildman–Crippen LogP) is 0.650. The molecule has 3 aromatic carbocycles. The first kappa shape index (κ1) is 65.1. The van der Waals surface area contributed by atoms with E-state index in [2.05, 4.69) is 10.6 Å². The molecular weight excluding hydrogens is 1160 g/mol. The first-order valence-electron chi connectivity index (χ1n) is 29.4. The van der Waals surface area contributed by atoms with Gasteiger partial charge in [0.15, 0.2) is 48.3 Å². The van der Waals surface area contributed by atoms with Crippen molar-refractivity contribution in [3.8, 4) is 0 Å². The van der Waals surface area contributed by atoms with Crippen LogP contribution in [0.5, 0.6) is 0 Å². The number of carbonyl (C=O) groups is 2. The van der Waals surface area contributed by atoms with Gasteiger partial charge in [-0.05, 0) is 126 Å². The lowest BCUT2D eigenvalue weighted by molar-refractivity contribution is -0.232. The van der Waals surface area contributed by atoms with Crippen LogP contribution in [0.2, 0.25) is 0 Å². The second-order valence-electron chi connectivity index (χ2n) is 24.9. The average molecular weight is 1250 g/mol. The Morgan fingerprint density at radius 2 is 0.625 bits per heavy atom. The van der Waals surface area contributed by atoms with Crippen LogP contribution in [0.4, 0.5) is 11.4 Å². The Morgan fingerprint density at radius 3 is 0.841 bits per heavy atom. The fourth-order valence-corrected chi connectivity index (χ4v) is 12.4. The molecule has 0 unspecified atom stereocenters. The van der Waals surface area contributed by atoms with Crippen molar-refractivity contribution in [3.63, 3.8) is 0 Å². The summed E-state index contributed by atoms with van der Waals surface area (Å²) in [4.78, 5) is 28.3. The number of benzene rings is 3. The van der Waals surface area contributed by atoms with Gasteiger partial charge in [0.1, 0.15) is 97.7 Å². The number of fused-ring (bicyclic) bond motifs is 4. The van der Waals surface area contributed by atoms with E-state index in [9.17, 15) is 50.4 Å². The minimum Gasteiger partial charge on any atom is -0.394 e. The van der Waals surface area contributed by atoms with E-state index in [-0.39, 0.29) is 37.6 Å². The van der Waals surface area contributed by atoms with Gasteiger partial charge in [0.2, 0.25) is 0 Å². The molecular formula is C60H80N2O26. The molecule has 28 nitrogen and oxygen atoms in total. The van der Waals surface area contributed by atoms with Gasteiger partial charge in [-0.1, -0.05) is 12.1 Å². The number of anilines is 2. The molecule has 0 radical (unpaired) electrons. The van der Waals surface area contributed by atoms with Crippen molar-refractivity contribution in [2.75, 3.05) is 37.1 Å². The van der Waals surface area contributed by atoms with Gasteiger partial charge in [-0.2, -0.15) is 0 Å². The van der Waals surface area contributed by atoms with Gasteiger partial charge in [-0.15, -0.1) is 0 Å². The highest BCUT2D eigenvalue weighted by Crippen LogP contribution is 2.44. The molecule has 0 aromatic heterocycles. The Bertz CT molecular complexity index is 2590. The first-order valence-corrected chi connectivity index (χ1v) is 29.4. The number of amides is 2. The van der Waals surface area contributed by atoms with Crippen molar-refractivity contribution >= 4 is 23.2 Å². The number of nitrogens with one attached hydrogen (secondary N) is 2. The van der Waals surface area contributed by atoms with Gasteiger partial charge in [0.05, 0.1) is 52.9 Å². The number of aliphatic hydroxyl groups excluding tert-OH is 8. The van der Waals surface area contributed by atoms with E-state index in [0.717, 1.165) is 0 Å². The van der Waals surface area contributed by atoms with Crippen LogP contribution in [-0.4, -0.2) is 225 Å². The molecule has 8 fully saturated rings. The number of ether oxygens (including phenoxy) is 16. The van der Waals surface area contributed by atoms with Gasteiger partial charge in [0.25, 0.3) is 11.8 Å². The van der Waals surface area contributed by atoms with Gasteiger partial charge < -0.3 is 127 Å². The van der Waals surface area contributed by atoms with Crippen LogP contribution >= 0.6 is 0 Å². The fraction of sp³-hybridized carbons (Fsp3) is 0.667. The van der Waals surface area contributed by atoms with E-state index < -0.39 is 184 Å². The number of carbonyl (C=O) groups excluding carboxylic acids is 2. The summed E-state index contributed by atoms with van der Waals surface area (Å²) in [6.45, 7) is 10.8. The maximum atomic E-state index is 14.1. The zero-order valence-corrected chi connectivity index (χ0v) is 49.9. The van der Waals surface area contributed by atoms with Crippen LogP contribution in [0.1, 0.15) is 98.4 Å². The molecule has 10 N–H and O–H groups in total. The summed E-state index contributed by atoms with van der Waals surface area (Å²) in [6, 6.07) is 16.1. The SMILES string of the molecule is CC1(C)O[C@H]2O[C@H]([C@H](O)CO)[C@H](OCc3cc(CO[C@@H]4[C@H]5OC(C)(C)O[C@H]5O[C@@H]4[C@H](O)CO)cc(NC(=O)c4ccc(C(=O)Nc5cc(CO[C@@H]6[C@H]7OC(C)(C)O[C@H]7O[C@@H]6[C@H](O)CO)cc(CO[C@@H]6[C@H]7OC(C)(C)O[C@H]7O[C@@H]6[C@H](O)CO)c5)cc4)c3)[C@H]2O1. The Balaban J connectivity index is 0.812. The lowest BCUT2D eigenvalue weighted by atomic mass is 10.0. The van der Waals surface area contributed by atoms with E-state index in [1.165, 1.54) is 24.3 Å². The van der Waals surface area contributed by atoms with E-state index >= 15 is 0 Å². The van der Waals surface area contributed by atoms with Crippen LogP contribution < -0.4 is 10.6 Å². The lowest BCUT2D eigenvalue weighted by Gasteiger charge is -2.28. The predicted molar refractivity (Wildman–Crippen MR) is 297 cm³/mol. The molecule has 8 heterocycles. The summed E-state index contributed by atoms with van der Waals surface area (Å²) in [5.41, 5.74) is 3.07. The number of rotatable bonds is 24. The summed E-state index contributed by atoms with van der Waals surface area (Å²) in [5.74, 6) is -5.20. The molecule has 8 aliphatic heterocycles. The van der Waals surface area contributed by atoms with Crippen LogP contribution in [0.3, 0.4) is 0 Å². The minimum atomic E-state index is -1.33. The number of hydrogen-bond donors (Lipinski definition) is 10. The quantitative estimate of drug-likeness (QED) is 0.0589. The van der Waals surface area contributed by atoms with Crippen LogP contribution in [0.25, 0.3) is 0 Å². The topological polar surface area (TPSA) is 368 Å². The van der Waals surface area contributed by atoms with Crippen molar-refractivity contribution < 1.29 is 126 Å². The monoisotopic (exact) mass is 1240 g/mol. The largest absolute Gasteiger partial charge is 0.394 e. The van der Waals surface area contributed by atoms with Crippen molar-refractivity contribution in [3.05, 3.63) is 94.0 Å². The van der Waals surface area contributed by atoms with E-state index in [1.807, 2.05) is 0 Å². The molecule has 8 aliphatic rings. The highest BCUT2D eigenvalue weighted by Gasteiger charge is 2.61. The first-order chi connectivity index (χ1) is 41.7. The second kappa shape index (κ2) is 26.0. The van der Waals surface area contributed by atoms with E-state index in [4.69, 9.17) is 75.8 Å². The highest BCUT2D eigenvalue weighted by molar-refractivity contribution is 6.07.